The smallest absolute Gasteiger partial charge is 0.227 e. The van der Waals surface area contributed by atoms with Gasteiger partial charge in [0.1, 0.15) is 0 Å². The fraction of sp³-hybridized carbons (Fsp3) is 0.143. The molecule has 0 N–H and O–H groups in total. The van der Waals surface area contributed by atoms with Crippen LogP contribution in [0.1, 0.15) is 0 Å². The molecule has 0 bridgehead atoms. The van der Waals surface area contributed by atoms with Crippen LogP contribution in [0, 0.1) is 0 Å². The van der Waals surface area contributed by atoms with Crippen LogP contribution in [0.2, 0.25) is 10.6 Å². The minimum absolute atomic E-state index is 0.0757. The van der Waals surface area contributed by atoms with Crippen LogP contribution >= 0.6 is 35.0 Å². The average Bonchev–Trinajstić information content (AvgIpc) is 2.50. The lowest BCUT2D eigenvalue weighted by Crippen LogP contribution is -1.94. The van der Waals surface area contributed by atoms with Crippen molar-refractivity contribution in [3.63, 3.8) is 0 Å². The van der Waals surface area contributed by atoms with Gasteiger partial charge in [-0.05, 0) is 35.0 Å². The summed E-state index contributed by atoms with van der Waals surface area (Å²) < 4.78 is 1.84. The Morgan fingerprint density at radius 3 is 2.40 bits per heavy atom. The molecule has 0 aliphatic rings. The standard InChI is InChI=1S/C7H5Cl2N5S/c1-14-3-2-10-7(14)15-6-12-4(8)11-5(9)13-6/h2-3H,1H3. The molecule has 0 aromatic carbocycles. The van der Waals surface area contributed by atoms with Gasteiger partial charge in [0.05, 0.1) is 0 Å². The number of hydrogen-bond acceptors (Lipinski definition) is 5. The molecule has 0 radical (unpaired) electrons. The van der Waals surface area contributed by atoms with Gasteiger partial charge in [0, 0.05) is 19.4 Å². The molecule has 0 aliphatic carbocycles. The first-order chi connectivity index (χ1) is 7.15. The van der Waals surface area contributed by atoms with Gasteiger partial charge in [-0.3, -0.25) is 0 Å². The molecule has 0 spiro atoms. The summed E-state index contributed by atoms with van der Waals surface area (Å²) in [6, 6.07) is 0. The molecule has 0 fully saturated rings. The van der Waals surface area contributed by atoms with Crippen LogP contribution in [-0.2, 0) is 7.05 Å². The number of imidazole rings is 1. The quantitative estimate of drug-likeness (QED) is 0.829. The van der Waals surface area contributed by atoms with E-state index in [1.807, 2.05) is 17.8 Å². The largest absolute Gasteiger partial charge is 0.329 e. The van der Waals surface area contributed by atoms with Crippen molar-refractivity contribution in [2.45, 2.75) is 10.3 Å². The van der Waals surface area contributed by atoms with E-state index in [0.717, 1.165) is 5.16 Å². The number of aromatic nitrogens is 5. The van der Waals surface area contributed by atoms with E-state index in [0.29, 0.717) is 5.16 Å². The van der Waals surface area contributed by atoms with Crippen LogP contribution in [0.25, 0.3) is 0 Å². The van der Waals surface area contributed by atoms with E-state index >= 15 is 0 Å². The Morgan fingerprint density at radius 2 is 1.87 bits per heavy atom. The van der Waals surface area contributed by atoms with Gasteiger partial charge >= 0.3 is 0 Å². The maximum Gasteiger partial charge on any atom is 0.227 e. The van der Waals surface area contributed by atoms with Crippen LogP contribution in [0.5, 0.6) is 0 Å². The van der Waals surface area contributed by atoms with Crippen LogP contribution in [-0.4, -0.2) is 24.5 Å². The molecule has 2 heterocycles. The highest BCUT2D eigenvalue weighted by molar-refractivity contribution is 7.99. The van der Waals surface area contributed by atoms with Gasteiger partial charge in [0.15, 0.2) is 5.16 Å². The summed E-state index contributed by atoms with van der Waals surface area (Å²) in [4.78, 5) is 15.6. The lowest BCUT2D eigenvalue weighted by atomic mass is 10.9. The van der Waals surface area contributed by atoms with Crippen molar-refractivity contribution in [3.05, 3.63) is 23.0 Å². The van der Waals surface area contributed by atoms with E-state index in [9.17, 15) is 0 Å². The van der Waals surface area contributed by atoms with Crippen LogP contribution < -0.4 is 0 Å². The maximum atomic E-state index is 5.64. The molecule has 0 saturated heterocycles. The first-order valence-electron chi connectivity index (χ1n) is 3.87. The van der Waals surface area contributed by atoms with E-state index in [-0.39, 0.29) is 10.6 Å². The summed E-state index contributed by atoms with van der Waals surface area (Å²) in [5.41, 5.74) is 0. The molecule has 5 nitrogen and oxygen atoms in total. The highest BCUT2D eigenvalue weighted by atomic mass is 35.5. The van der Waals surface area contributed by atoms with E-state index in [1.54, 1.807) is 6.20 Å². The number of halogens is 2. The molecule has 0 aliphatic heterocycles. The molecule has 2 aromatic heterocycles. The van der Waals surface area contributed by atoms with Gasteiger partial charge in [-0.1, -0.05) is 0 Å². The third kappa shape index (κ3) is 2.58. The number of nitrogens with zero attached hydrogens (tertiary/aromatic N) is 5. The van der Waals surface area contributed by atoms with E-state index < -0.39 is 0 Å². The van der Waals surface area contributed by atoms with Crippen LogP contribution in [0.4, 0.5) is 0 Å². The summed E-state index contributed by atoms with van der Waals surface area (Å²) >= 11 is 12.6. The zero-order valence-electron chi connectivity index (χ0n) is 7.55. The molecular formula is C7H5Cl2N5S. The van der Waals surface area contributed by atoms with E-state index in [2.05, 4.69) is 19.9 Å². The number of aryl methyl sites for hydroxylation is 1. The van der Waals surface area contributed by atoms with Crippen molar-refractivity contribution in [2.24, 2.45) is 7.05 Å². The Labute approximate surface area is 99.9 Å². The summed E-state index contributed by atoms with van der Waals surface area (Å²) in [6.45, 7) is 0. The molecule has 0 unspecified atom stereocenters. The predicted octanol–water partition coefficient (Wildman–Crippen LogP) is 2.06. The zero-order chi connectivity index (χ0) is 10.8. The molecule has 0 atom stereocenters. The van der Waals surface area contributed by atoms with E-state index in [4.69, 9.17) is 23.2 Å². The highest BCUT2D eigenvalue weighted by Crippen LogP contribution is 2.23. The van der Waals surface area contributed by atoms with Gasteiger partial charge < -0.3 is 4.57 Å². The minimum atomic E-state index is 0.0757. The second-order valence-electron chi connectivity index (χ2n) is 2.58. The second kappa shape index (κ2) is 4.34. The molecule has 8 heteroatoms. The molecule has 15 heavy (non-hydrogen) atoms. The fourth-order valence-corrected chi connectivity index (χ4v) is 2.10. The first-order valence-corrected chi connectivity index (χ1v) is 5.44. The molecule has 2 rings (SSSR count). The number of rotatable bonds is 2. The summed E-state index contributed by atoms with van der Waals surface area (Å²) in [5, 5.41) is 1.33. The van der Waals surface area contributed by atoms with Crippen molar-refractivity contribution in [1.82, 2.24) is 24.5 Å². The molecule has 2 aromatic rings. The lowest BCUT2D eigenvalue weighted by molar-refractivity contribution is 0.783. The summed E-state index contributed by atoms with van der Waals surface area (Å²) in [6.07, 6.45) is 3.51. The first kappa shape index (κ1) is 10.7. The van der Waals surface area contributed by atoms with Gasteiger partial charge in [0.25, 0.3) is 0 Å². The van der Waals surface area contributed by atoms with Gasteiger partial charge in [-0.25, -0.2) is 4.98 Å². The van der Waals surface area contributed by atoms with Crippen LogP contribution in [0.3, 0.4) is 0 Å². The molecule has 0 saturated carbocycles. The minimum Gasteiger partial charge on any atom is -0.329 e. The fourth-order valence-electron chi connectivity index (χ4n) is 0.887. The normalized spacial score (nSPS) is 10.6. The van der Waals surface area contributed by atoms with Gasteiger partial charge in [0.2, 0.25) is 15.7 Å². The number of hydrogen-bond donors (Lipinski definition) is 0. The monoisotopic (exact) mass is 261 g/mol. The molecule has 78 valence electrons. The maximum absolute atomic E-state index is 5.64. The van der Waals surface area contributed by atoms with Gasteiger partial charge in [-0.15, -0.1) is 0 Å². The van der Waals surface area contributed by atoms with Crippen molar-refractivity contribution in [1.29, 1.82) is 0 Å². The van der Waals surface area contributed by atoms with Crippen molar-refractivity contribution < 1.29 is 0 Å². The Morgan fingerprint density at radius 1 is 1.20 bits per heavy atom. The summed E-state index contributed by atoms with van der Waals surface area (Å²) in [5.74, 6) is 0. The Kier molecular flexibility index (Phi) is 3.08. The Balaban J connectivity index is 2.28. The zero-order valence-corrected chi connectivity index (χ0v) is 9.88. The SMILES string of the molecule is Cn1ccnc1Sc1nc(Cl)nc(Cl)n1. The predicted molar refractivity (Wildman–Crippen MR) is 57.2 cm³/mol. The van der Waals surface area contributed by atoms with Crippen LogP contribution in [0.15, 0.2) is 22.7 Å². The highest BCUT2D eigenvalue weighted by Gasteiger charge is 2.08. The van der Waals surface area contributed by atoms with Crippen molar-refractivity contribution in [3.8, 4) is 0 Å². The lowest BCUT2D eigenvalue weighted by Gasteiger charge is -2.00. The topological polar surface area (TPSA) is 56.5 Å². The third-order valence-corrected chi connectivity index (χ3v) is 2.80. The van der Waals surface area contributed by atoms with Crippen molar-refractivity contribution in [2.75, 3.05) is 0 Å². The Bertz CT molecular complexity index is 466. The second-order valence-corrected chi connectivity index (χ2v) is 4.19. The van der Waals surface area contributed by atoms with Gasteiger partial charge in [-0.2, -0.15) is 15.0 Å². The van der Waals surface area contributed by atoms with Crippen molar-refractivity contribution >= 4 is 35.0 Å². The average molecular weight is 262 g/mol. The summed E-state index contributed by atoms with van der Waals surface area (Å²) in [7, 11) is 1.87. The van der Waals surface area contributed by atoms with E-state index in [1.165, 1.54) is 11.8 Å². The molecular weight excluding hydrogens is 257 g/mol. The molecule has 0 amide bonds. The Hall–Kier alpha value is -0.850. The third-order valence-electron chi connectivity index (χ3n) is 1.52.